The molecule has 0 atom stereocenters. The maximum Gasteiger partial charge on any atom is 0.138 e. The van der Waals surface area contributed by atoms with Crippen molar-refractivity contribution in [1.82, 2.24) is 15.0 Å². The molecule has 1 N–H and O–H groups in total. The molecular formula is C14H14N4S. The van der Waals surface area contributed by atoms with Gasteiger partial charge in [-0.15, -0.1) is 11.3 Å². The second-order valence-electron chi connectivity index (χ2n) is 4.18. The van der Waals surface area contributed by atoms with Gasteiger partial charge in [0.25, 0.3) is 0 Å². The van der Waals surface area contributed by atoms with E-state index in [0.29, 0.717) is 6.54 Å². The maximum atomic E-state index is 4.33. The molecule has 0 aliphatic carbocycles. The topological polar surface area (TPSA) is 50.7 Å². The van der Waals surface area contributed by atoms with Crippen LogP contribution in [0.4, 0.5) is 5.82 Å². The fourth-order valence-corrected chi connectivity index (χ4v) is 2.83. The third-order valence-corrected chi connectivity index (χ3v) is 4.08. The Morgan fingerprint density at radius 3 is 2.95 bits per heavy atom. The molecule has 0 spiro atoms. The second kappa shape index (κ2) is 5.32. The highest BCUT2D eigenvalue weighted by atomic mass is 32.1. The zero-order valence-corrected chi connectivity index (χ0v) is 11.4. The number of anilines is 1. The summed E-state index contributed by atoms with van der Waals surface area (Å²) in [5.41, 5.74) is 1.00. The summed E-state index contributed by atoms with van der Waals surface area (Å²) in [4.78, 5) is 15.3. The summed E-state index contributed by atoms with van der Waals surface area (Å²) in [6.07, 6.45) is 4.44. The highest BCUT2D eigenvalue weighted by Gasteiger charge is 2.07. The first-order valence-corrected chi connectivity index (χ1v) is 7.05. The fourth-order valence-electron chi connectivity index (χ4n) is 1.90. The fraction of sp³-hybridized carbons (Fsp3) is 0.214. The number of pyridine rings is 1. The molecule has 5 heteroatoms. The van der Waals surface area contributed by atoms with Crippen LogP contribution in [0, 0.1) is 0 Å². The number of hydrogen-bond acceptors (Lipinski definition) is 5. The lowest BCUT2D eigenvalue weighted by atomic mass is 10.3. The van der Waals surface area contributed by atoms with Gasteiger partial charge in [-0.25, -0.2) is 9.97 Å². The number of aryl methyl sites for hydroxylation is 1. The number of nitrogens with one attached hydrogen (secondary N) is 1. The van der Waals surface area contributed by atoms with E-state index in [1.165, 1.54) is 4.88 Å². The summed E-state index contributed by atoms with van der Waals surface area (Å²) in [6, 6.07) is 8.06. The number of hydrogen-bond donors (Lipinski definition) is 1. The van der Waals surface area contributed by atoms with Gasteiger partial charge in [0.05, 0.1) is 17.6 Å². The minimum Gasteiger partial charge on any atom is -0.364 e. The van der Waals surface area contributed by atoms with Gasteiger partial charge < -0.3 is 5.32 Å². The van der Waals surface area contributed by atoms with Crippen LogP contribution >= 0.6 is 11.3 Å². The standard InChI is InChI=1S/C14H14N4S/c1-2-11-7-12-13(17-9-18-14(12)19-11)16-8-10-5-3-4-6-15-10/h3-7,9H,2,8H2,1H3,(H,16,17,18). The van der Waals surface area contributed by atoms with E-state index in [-0.39, 0.29) is 0 Å². The number of fused-ring (bicyclic) bond motifs is 1. The molecule has 96 valence electrons. The van der Waals surface area contributed by atoms with Crippen LogP contribution in [0.3, 0.4) is 0 Å². The molecule has 4 nitrogen and oxygen atoms in total. The van der Waals surface area contributed by atoms with Gasteiger partial charge in [0.1, 0.15) is 17.0 Å². The van der Waals surface area contributed by atoms with Gasteiger partial charge in [-0.2, -0.15) is 0 Å². The van der Waals surface area contributed by atoms with Gasteiger partial charge in [-0.3, -0.25) is 4.98 Å². The molecule has 0 aliphatic heterocycles. The van der Waals surface area contributed by atoms with Crippen molar-refractivity contribution < 1.29 is 0 Å². The monoisotopic (exact) mass is 270 g/mol. The van der Waals surface area contributed by atoms with Crippen molar-refractivity contribution in [1.29, 1.82) is 0 Å². The first-order valence-electron chi connectivity index (χ1n) is 6.24. The molecule has 0 radical (unpaired) electrons. The smallest absolute Gasteiger partial charge is 0.138 e. The molecule has 0 unspecified atom stereocenters. The van der Waals surface area contributed by atoms with Gasteiger partial charge in [0, 0.05) is 11.1 Å². The zero-order valence-electron chi connectivity index (χ0n) is 10.6. The number of nitrogens with zero attached hydrogens (tertiary/aromatic N) is 3. The Hall–Kier alpha value is -2.01. The summed E-state index contributed by atoms with van der Waals surface area (Å²) in [7, 11) is 0. The van der Waals surface area contributed by atoms with Crippen LogP contribution in [0.15, 0.2) is 36.8 Å². The van der Waals surface area contributed by atoms with Crippen LogP contribution in [-0.2, 0) is 13.0 Å². The number of thiophene rings is 1. The van der Waals surface area contributed by atoms with E-state index in [1.807, 2.05) is 18.2 Å². The Morgan fingerprint density at radius 2 is 2.16 bits per heavy atom. The van der Waals surface area contributed by atoms with Crippen LogP contribution < -0.4 is 5.32 Å². The predicted molar refractivity (Wildman–Crippen MR) is 78.4 cm³/mol. The lowest BCUT2D eigenvalue weighted by molar-refractivity contribution is 1.03. The molecule has 0 aliphatic rings. The number of aromatic nitrogens is 3. The molecule has 0 saturated heterocycles. The normalized spacial score (nSPS) is 10.8. The summed E-state index contributed by atoms with van der Waals surface area (Å²) in [6.45, 7) is 2.82. The van der Waals surface area contributed by atoms with Gasteiger partial charge in [0.15, 0.2) is 0 Å². The summed E-state index contributed by atoms with van der Waals surface area (Å²) < 4.78 is 0. The summed E-state index contributed by atoms with van der Waals surface area (Å²) in [5, 5.41) is 4.43. The molecule has 3 rings (SSSR count). The van der Waals surface area contributed by atoms with Crippen LogP contribution in [-0.4, -0.2) is 15.0 Å². The van der Waals surface area contributed by atoms with E-state index in [2.05, 4.69) is 33.3 Å². The highest BCUT2D eigenvalue weighted by Crippen LogP contribution is 2.28. The summed E-state index contributed by atoms with van der Waals surface area (Å²) in [5.74, 6) is 0.881. The summed E-state index contributed by atoms with van der Waals surface area (Å²) >= 11 is 1.73. The Bertz CT molecular complexity index is 678. The van der Waals surface area contributed by atoms with Crippen LogP contribution in [0.1, 0.15) is 17.5 Å². The minimum atomic E-state index is 0.671. The van der Waals surface area contributed by atoms with E-state index in [1.54, 1.807) is 23.9 Å². The molecule has 0 aromatic carbocycles. The van der Waals surface area contributed by atoms with Crippen LogP contribution in [0.25, 0.3) is 10.2 Å². The third-order valence-electron chi connectivity index (χ3n) is 2.89. The van der Waals surface area contributed by atoms with Gasteiger partial charge >= 0.3 is 0 Å². The molecule has 19 heavy (non-hydrogen) atoms. The lowest BCUT2D eigenvalue weighted by Gasteiger charge is -2.05. The van der Waals surface area contributed by atoms with Gasteiger partial charge in [-0.1, -0.05) is 13.0 Å². The van der Waals surface area contributed by atoms with Crippen molar-refractivity contribution in [2.75, 3.05) is 5.32 Å². The second-order valence-corrected chi connectivity index (χ2v) is 5.30. The van der Waals surface area contributed by atoms with Crippen molar-refractivity contribution in [3.63, 3.8) is 0 Å². The van der Waals surface area contributed by atoms with Crippen molar-refractivity contribution in [2.24, 2.45) is 0 Å². The first kappa shape index (κ1) is 12.0. The minimum absolute atomic E-state index is 0.671. The van der Waals surface area contributed by atoms with Crippen molar-refractivity contribution in [3.05, 3.63) is 47.4 Å². The Balaban J connectivity index is 1.86. The molecule has 3 heterocycles. The number of rotatable bonds is 4. The van der Waals surface area contributed by atoms with Crippen molar-refractivity contribution >= 4 is 27.4 Å². The lowest BCUT2D eigenvalue weighted by Crippen LogP contribution is -2.03. The molecule has 0 fully saturated rings. The first-order chi connectivity index (χ1) is 9.36. The molecule has 3 aromatic heterocycles. The largest absolute Gasteiger partial charge is 0.364 e. The van der Waals surface area contributed by atoms with E-state index in [4.69, 9.17) is 0 Å². The molecule has 0 saturated carbocycles. The van der Waals surface area contributed by atoms with Gasteiger partial charge in [0.2, 0.25) is 0 Å². The Morgan fingerprint density at radius 1 is 1.21 bits per heavy atom. The van der Waals surface area contributed by atoms with Crippen molar-refractivity contribution in [3.8, 4) is 0 Å². The predicted octanol–water partition coefficient (Wildman–Crippen LogP) is 3.26. The zero-order chi connectivity index (χ0) is 13.1. The average Bonchev–Trinajstić information content (AvgIpc) is 2.90. The SMILES string of the molecule is CCc1cc2c(NCc3ccccn3)ncnc2s1. The molecule has 3 aromatic rings. The van der Waals surface area contributed by atoms with Gasteiger partial charge in [-0.05, 0) is 24.6 Å². The van der Waals surface area contributed by atoms with Crippen LogP contribution in [0.2, 0.25) is 0 Å². The Kier molecular flexibility index (Phi) is 3.37. The highest BCUT2D eigenvalue weighted by molar-refractivity contribution is 7.18. The molecule has 0 bridgehead atoms. The van der Waals surface area contributed by atoms with E-state index in [0.717, 1.165) is 28.1 Å². The molecule has 0 amide bonds. The van der Waals surface area contributed by atoms with E-state index in [9.17, 15) is 0 Å². The van der Waals surface area contributed by atoms with E-state index < -0.39 is 0 Å². The maximum absolute atomic E-state index is 4.33. The average molecular weight is 270 g/mol. The van der Waals surface area contributed by atoms with E-state index >= 15 is 0 Å². The Labute approximate surface area is 115 Å². The van der Waals surface area contributed by atoms with Crippen LogP contribution in [0.5, 0.6) is 0 Å². The third kappa shape index (κ3) is 2.56. The van der Waals surface area contributed by atoms with Crippen molar-refractivity contribution in [2.45, 2.75) is 19.9 Å². The molecular weight excluding hydrogens is 256 g/mol. The quantitative estimate of drug-likeness (QED) is 0.790.